The Morgan fingerprint density at radius 2 is 1.59 bits per heavy atom. The fourth-order valence-electron chi connectivity index (χ4n) is 3.36. The van der Waals surface area contributed by atoms with Gasteiger partial charge in [-0.25, -0.2) is 9.97 Å². The Balaban J connectivity index is 1.85. The molecule has 5 nitrogen and oxygen atoms in total. The lowest BCUT2D eigenvalue weighted by molar-refractivity contribution is 0.355. The van der Waals surface area contributed by atoms with Crippen LogP contribution in [-0.4, -0.2) is 24.2 Å². The molecule has 0 atom stereocenters. The number of hydrogen-bond acceptors (Lipinski definition) is 5. The van der Waals surface area contributed by atoms with Crippen LogP contribution >= 0.6 is 0 Å². The third kappa shape index (κ3) is 3.72. The summed E-state index contributed by atoms with van der Waals surface area (Å²) in [5.74, 6) is 2.71. The van der Waals surface area contributed by atoms with Gasteiger partial charge in [0, 0.05) is 16.6 Å². The van der Waals surface area contributed by atoms with Gasteiger partial charge >= 0.3 is 0 Å². The Kier molecular flexibility index (Phi) is 5.04. The van der Waals surface area contributed by atoms with E-state index in [1.807, 2.05) is 42.5 Å². The van der Waals surface area contributed by atoms with Gasteiger partial charge in [-0.15, -0.1) is 0 Å². The van der Waals surface area contributed by atoms with Crippen molar-refractivity contribution in [2.24, 2.45) is 0 Å². The average molecular weight is 385 g/mol. The molecule has 1 aromatic heterocycles. The molecule has 0 saturated heterocycles. The van der Waals surface area contributed by atoms with Crippen LogP contribution in [0.15, 0.2) is 60.7 Å². The summed E-state index contributed by atoms with van der Waals surface area (Å²) in [6.07, 6.45) is 0. The molecule has 0 aliphatic rings. The second-order valence-electron chi connectivity index (χ2n) is 6.93. The number of aromatic nitrogens is 2. The van der Waals surface area contributed by atoms with E-state index in [-0.39, 0.29) is 0 Å². The van der Waals surface area contributed by atoms with Crippen molar-refractivity contribution < 1.29 is 9.47 Å². The Morgan fingerprint density at radius 1 is 0.793 bits per heavy atom. The summed E-state index contributed by atoms with van der Waals surface area (Å²) < 4.78 is 10.8. The predicted molar refractivity (Wildman–Crippen MR) is 117 cm³/mol. The highest BCUT2D eigenvalue weighted by atomic mass is 16.5. The highest BCUT2D eigenvalue weighted by Crippen LogP contribution is 2.33. The van der Waals surface area contributed by atoms with E-state index in [2.05, 4.69) is 37.4 Å². The summed E-state index contributed by atoms with van der Waals surface area (Å²) in [6.45, 7) is 4.18. The fourth-order valence-corrected chi connectivity index (χ4v) is 3.36. The Bertz CT molecular complexity index is 1190. The van der Waals surface area contributed by atoms with Gasteiger partial charge in [0.25, 0.3) is 0 Å². The highest BCUT2D eigenvalue weighted by molar-refractivity contribution is 5.92. The quantitative estimate of drug-likeness (QED) is 0.479. The Morgan fingerprint density at radius 3 is 2.34 bits per heavy atom. The first-order chi connectivity index (χ1) is 14.1. The Hall–Kier alpha value is -3.60. The van der Waals surface area contributed by atoms with Crippen molar-refractivity contribution in [3.05, 3.63) is 71.8 Å². The summed E-state index contributed by atoms with van der Waals surface area (Å²) in [5, 5.41) is 4.47. The zero-order valence-electron chi connectivity index (χ0n) is 17.0. The van der Waals surface area contributed by atoms with E-state index in [0.29, 0.717) is 17.3 Å². The lowest BCUT2D eigenvalue weighted by Crippen LogP contribution is -2.01. The van der Waals surface area contributed by atoms with E-state index in [4.69, 9.17) is 19.4 Å². The van der Waals surface area contributed by atoms with Gasteiger partial charge in [-0.2, -0.15) is 0 Å². The van der Waals surface area contributed by atoms with Crippen LogP contribution in [-0.2, 0) is 0 Å². The van der Waals surface area contributed by atoms with Crippen LogP contribution in [0.25, 0.3) is 22.3 Å². The van der Waals surface area contributed by atoms with Crippen LogP contribution in [0, 0.1) is 13.8 Å². The molecule has 0 amide bonds. The standard InChI is InChI=1S/C24H23N3O2/c1-15-9-11-19(16(2)13-15)25-24-18-7-5-6-8-20(18)26-23(27-24)17-10-12-21(28-3)22(14-17)29-4/h5-14H,1-4H3,(H,25,26,27). The molecule has 0 saturated carbocycles. The number of anilines is 2. The minimum absolute atomic E-state index is 0.622. The lowest BCUT2D eigenvalue weighted by Gasteiger charge is -2.14. The molecule has 3 aromatic carbocycles. The molecule has 0 aliphatic carbocycles. The average Bonchev–Trinajstić information content (AvgIpc) is 2.75. The third-order valence-corrected chi connectivity index (χ3v) is 4.88. The Labute approximate surface area is 170 Å². The van der Waals surface area contributed by atoms with Crippen LogP contribution in [0.3, 0.4) is 0 Å². The van der Waals surface area contributed by atoms with Crippen molar-refractivity contribution in [2.45, 2.75) is 13.8 Å². The SMILES string of the molecule is COc1ccc(-c2nc(Nc3ccc(C)cc3C)c3ccccc3n2)cc1OC. The molecule has 0 bridgehead atoms. The molecule has 4 rings (SSSR count). The number of methoxy groups -OCH3 is 2. The van der Waals surface area contributed by atoms with Crippen molar-refractivity contribution in [1.82, 2.24) is 9.97 Å². The number of hydrogen-bond donors (Lipinski definition) is 1. The summed E-state index contributed by atoms with van der Waals surface area (Å²) in [6, 6.07) is 20.0. The van der Waals surface area contributed by atoms with Crippen molar-refractivity contribution in [1.29, 1.82) is 0 Å². The van der Waals surface area contributed by atoms with E-state index in [0.717, 1.165) is 28.0 Å². The first-order valence-corrected chi connectivity index (χ1v) is 9.42. The molecule has 4 aromatic rings. The maximum absolute atomic E-state index is 5.44. The van der Waals surface area contributed by atoms with Crippen molar-refractivity contribution in [2.75, 3.05) is 19.5 Å². The molecule has 0 radical (unpaired) electrons. The van der Waals surface area contributed by atoms with Crippen molar-refractivity contribution in [3.63, 3.8) is 0 Å². The number of nitrogens with zero attached hydrogens (tertiary/aromatic N) is 2. The van der Waals surface area contributed by atoms with E-state index in [1.54, 1.807) is 14.2 Å². The van der Waals surface area contributed by atoms with Gasteiger partial charge in [-0.3, -0.25) is 0 Å². The van der Waals surface area contributed by atoms with E-state index in [9.17, 15) is 0 Å². The smallest absolute Gasteiger partial charge is 0.162 e. The van der Waals surface area contributed by atoms with Crippen LogP contribution in [0.2, 0.25) is 0 Å². The number of ether oxygens (including phenoxy) is 2. The molecule has 0 fully saturated rings. The van der Waals surface area contributed by atoms with Crippen LogP contribution < -0.4 is 14.8 Å². The maximum Gasteiger partial charge on any atom is 0.162 e. The number of nitrogens with one attached hydrogen (secondary N) is 1. The van der Waals surface area contributed by atoms with E-state index in [1.165, 1.54) is 11.1 Å². The number of fused-ring (bicyclic) bond motifs is 1. The largest absolute Gasteiger partial charge is 0.493 e. The highest BCUT2D eigenvalue weighted by Gasteiger charge is 2.13. The monoisotopic (exact) mass is 385 g/mol. The first kappa shape index (κ1) is 18.7. The summed E-state index contributed by atoms with van der Waals surface area (Å²) in [7, 11) is 3.24. The van der Waals surface area contributed by atoms with Crippen molar-refractivity contribution in [3.8, 4) is 22.9 Å². The van der Waals surface area contributed by atoms with Gasteiger partial charge in [-0.1, -0.05) is 29.8 Å². The topological polar surface area (TPSA) is 56.3 Å². The third-order valence-electron chi connectivity index (χ3n) is 4.88. The van der Waals surface area contributed by atoms with Gasteiger partial charge < -0.3 is 14.8 Å². The molecular formula is C24H23N3O2. The molecule has 5 heteroatoms. The maximum atomic E-state index is 5.44. The van der Waals surface area contributed by atoms with Gasteiger partial charge in [0.1, 0.15) is 5.82 Å². The van der Waals surface area contributed by atoms with Gasteiger partial charge in [0.15, 0.2) is 17.3 Å². The van der Waals surface area contributed by atoms with Gasteiger partial charge in [0.2, 0.25) is 0 Å². The number of aryl methyl sites for hydroxylation is 2. The molecule has 146 valence electrons. The zero-order valence-corrected chi connectivity index (χ0v) is 17.0. The summed E-state index contributed by atoms with van der Waals surface area (Å²) >= 11 is 0. The first-order valence-electron chi connectivity index (χ1n) is 9.42. The van der Waals surface area contributed by atoms with Crippen LogP contribution in [0.1, 0.15) is 11.1 Å². The molecular weight excluding hydrogens is 362 g/mol. The minimum Gasteiger partial charge on any atom is -0.493 e. The minimum atomic E-state index is 0.622. The summed E-state index contributed by atoms with van der Waals surface area (Å²) in [4.78, 5) is 9.61. The normalized spacial score (nSPS) is 10.8. The molecule has 0 aliphatic heterocycles. The van der Waals surface area contributed by atoms with Gasteiger partial charge in [0.05, 0.1) is 19.7 Å². The molecule has 0 unspecified atom stereocenters. The molecule has 29 heavy (non-hydrogen) atoms. The van der Waals surface area contributed by atoms with Crippen molar-refractivity contribution >= 4 is 22.4 Å². The zero-order chi connectivity index (χ0) is 20.4. The number of para-hydroxylation sites is 1. The molecule has 1 heterocycles. The van der Waals surface area contributed by atoms with E-state index < -0.39 is 0 Å². The lowest BCUT2D eigenvalue weighted by atomic mass is 10.1. The number of benzene rings is 3. The molecule has 0 spiro atoms. The second-order valence-corrected chi connectivity index (χ2v) is 6.93. The number of rotatable bonds is 5. The predicted octanol–water partition coefficient (Wildman–Crippen LogP) is 5.67. The summed E-state index contributed by atoms with van der Waals surface area (Å²) in [5.41, 5.74) is 5.15. The van der Waals surface area contributed by atoms with Crippen LogP contribution in [0.4, 0.5) is 11.5 Å². The second kappa shape index (κ2) is 7.80. The molecule has 1 N–H and O–H groups in total. The van der Waals surface area contributed by atoms with Gasteiger partial charge in [-0.05, 0) is 55.8 Å². The fraction of sp³-hybridized carbons (Fsp3) is 0.167. The van der Waals surface area contributed by atoms with E-state index >= 15 is 0 Å². The van der Waals surface area contributed by atoms with Crippen LogP contribution in [0.5, 0.6) is 11.5 Å².